The average molecular weight is 325 g/mol. The maximum Gasteiger partial charge on any atom is 0.138 e. The monoisotopic (exact) mass is 325 g/mol. The summed E-state index contributed by atoms with van der Waals surface area (Å²) in [6, 6.07) is 8.23. The lowest BCUT2D eigenvalue weighted by molar-refractivity contribution is 0.414. The molecule has 4 nitrogen and oxygen atoms in total. The van der Waals surface area contributed by atoms with E-state index in [1.165, 1.54) is 34.2 Å². The molecule has 0 bridgehead atoms. The molecule has 1 N–H and O–H groups in total. The Balaban J connectivity index is 1.49. The highest BCUT2D eigenvalue weighted by Gasteiger charge is 2.20. The highest BCUT2D eigenvalue weighted by Crippen LogP contribution is 2.38. The van der Waals surface area contributed by atoms with E-state index in [0.717, 1.165) is 35.8 Å². The maximum absolute atomic E-state index is 5.19. The van der Waals surface area contributed by atoms with Gasteiger partial charge in [-0.3, -0.25) is 0 Å². The van der Waals surface area contributed by atoms with Crippen molar-refractivity contribution in [1.29, 1.82) is 0 Å². The molecule has 2 aromatic heterocycles. The third kappa shape index (κ3) is 2.77. The van der Waals surface area contributed by atoms with Crippen LogP contribution < -0.4 is 10.1 Å². The van der Waals surface area contributed by atoms with Crippen LogP contribution in [0.3, 0.4) is 0 Å². The Morgan fingerprint density at radius 3 is 2.87 bits per heavy atom. The Hall–Kier alpha value is -2.14. The number of nitrogens with zero attached hydrogens (tertiary/aromatic N) is 2. The molecule has 5 heteroatoms. The molecule has 0 aliphatic heterocycles. The Labute approximate surface area is 139 Å². The summed E-state index contributed by atoms with van der Waals surface area (Å²) in [5, 5.41) is 4.75. The van der Waals surface area contributed by atoms with Crippen LogP contribution in [0, 0.1) is 0 Å². The molecule has 4 rings (SSSR count). The first-order valence-corrected chi connectivity index (χ1v) is 8.79. The van der Waals surface area contributed by atoms with E-state index in [1.807, 2.05) is 23.5 Å². The second-order valence-corrected chi connectivity index (χ2v) is 6.87. The summed E-state index contributed by atoms with van der Waals surface area (Å²) < 4.78 is 5.19. The number of benzene rings is 1. The van der Waals surface area contributed by atoms with Gasteiger partial charge in [0, 0.05) is 11.4 Å². The van der Waals surface area contributed by atoms with Crippen molar-refractivity contribution in [3.63, 3.8) is 0 Å². The number of anilines is 1. The zero-order chi connectivity index (χ0) is 15.6. The third-order valence-corrected chi connectivity index (χ3v) is 5.57. The van der Waals surface area contributed by atoms with Crippen LogP contribution in [0.2, 0.25) is 0 Å². The van der Waals surface area contributed by atoms with E-state index < -0.39 is 0 Å². The summed E-state index contributed by atoms with van der Waals surface area (Å²) in [4.78, 5) is 11.5. The molecule has 0 radical (unpaired) electrons. The van der Waals surface area contributed by atoms with Crippen molar-refractivity contribution in [1.82, 2.24) is 9.97 Å². The van der Waals surface area contributed by atoms with E-state index in [-0.39, 0.29) is 0 Å². The molecule has 0 amide bonds. The Morgan fingerprint density at radius 1 is 1.17 bits per heavy atom. The van der Waals surface area contributed by atoms with E-state index in [9.17, 15) is 0 Å². The minimum atomic E-state index is 0.864. The van der Waals surface area contributed by atoms with Crippen molar-refractivity contribution in [2.75, 3.05) is 19.0 Å². The fourth-order valence-electron chi connectivity index (χ4n) is 3.18. The SMILES string of the molecule is COc1ccc(CCNc2ncnc3sc4c(c23)CCC4)cc1. The van der Waals surface area contributed by atoms with E-state index in [4.69, 9.17) is 4.74 Å². The van der Waals surface area contributed by atoms with Crippen molar-refractivity contribution in [2.45, 2.75) is 25.7 Å². The smallest absolute Gasteiger partial charge is 0.138 e. The van der Waals surface area contributed by atoms with Crippen molar-refractivity contribution >= 4 is 27.4 Å². The summed E-state index contributed by atoms with van der Waals surface area (Å²) in [6.07, 6.45) is 6.25. The van der Waals surface area contributed by atoms with Gasteiger partial charge in [0.25, 0.3) is 0 Å². The average Bonchev–Trinajstić information content (AvgIpc) is 3.16. The predicted molar refractivity (Wildman–Crippen MR) is 94.6 cm³/mol. The van der Waals surface area contributed by atoms with Crippen LogP contribution in [0.5, 0.6) is 5.75 Å². The van der Waals surface area contributed by atoms with Crippen LogP contribution >= 0.6 is 11.3 Å². The van der Waals surface area contributed by atoms with Crippen LogP contribution in [0.25, 0.3) is 10.2 Å². The van der Waals surface area contributed by atoms with Crippen LogP contribution in [0.4, 0.5) is 5.82 Å². The summed E-state index contributed by atoms with van der Waals surface area (Å²) in [5.41, 5.74) is 2.76. The fourth-order valence-corrected chi connectivity index (χ4v) is 4.41. The van der Waals surface area contributed by atoms with Crippen molar-refractivity contribution < 1.29 is 4.74 Å². The Bertz CT molecular complexity index is 826. The topological polar surface area (TPSA) is 47.0 Å². The van der Waals surface area contributed by atoms with Gasteiger partial charge in [0.1, 0.15) is 22.7 Å². The summed E-state index contributed by atoms with van der Waals surface area (Å²) >= 11 is 1.83. The second-order valence-electron chi connectivity index (χ2n) is 5.78. The van der Waals surface area contributed by atoms with Crippen LogP contribution in [-0.4, -0.2) is 23.6 Å². The van der Waals surface area contributed by atoms with Gasteiger partial charge in [0.2, 0.25) is 0 Å². The van der Waals surface area contributed by atoms with Gasteiger partial charge in [0.15, 0.2) is 0 Å². The number of fused-ring (bicyclic) bond motifs is 3. The van der Waals surface area contributed by atoms with Crippen LogP contribution in [-0.2, 0) is 19.3 Å². The molecule has 0 saturated heterocycles. The molecule has 0 spiro atoms. The standard InChI is InChI=1S/C18H19N3OS/c1-22-13-7-5-12(6-8-13)9-10-19-17-16-14-3-2-4-15(14)23-18(16)21-11-20-17/h5-8,11H,2-4,9-10H2,1H3,(H,19,20,21). The molecule has 0 saturated carbocycles. The third-order valence-electron chi connectivity index (χ3n) is 4.37. The van der Waals surface area contributed by atoms with Gasteiger partial charge < -0.3 is 10.1 Å². The molecule has 2 heterocycles. The molecule has 118 valence electrons. The van der Waals surface area contributed by atoms with Crippen LogP contribution in [0.15, 0.2) is 30.6 Å². The number of hydrogen-bond donors (Lipinski definition) is 1. The lowest BCUT2D eigenvalue weighted by Gasteiger charge is -2.08. The molecule has 1 aromatic carbocycles. The first-order chi connectivity index (χ1) is 11.3. The highest BCUT2D eigenvalue weighted by molar-refractivity contribution is 7.19. The van der Waals surface area contributed by atoms with E-state index >= 15 is 0 Å². The zero-order valence-corrected chi connectivity index (χ0v) is 13.9. The van der Waals surface area contributed by atoms with Gasteiger partial charge in [-0.25, -0.2) is 9.97 Å². The molecule has 0 fully saturated rings. The molecule has 1 aliphatic carbocycles. The molecule has 23 heavy (non-hydrogen) atoms. The normalized spacial score (nSPS) is 13.3. The molecular weight excluding hydrogens is 306 g/mol. The number of methoxy groups -OCH3 is 1. The van der Waals surface area contributed by atoms with Crippen molar-refractivity contribution in [3.05, 3.63) is 46.6 Å². The quantitative estimate of drug-likeness (QED) is 0.774. The second kappa shape index (κ2) is 6.16. The predicted octanol–water partition coefficient (Wildman–Crippen LogP) is 3.84. The van der Waals surface area contributed by atoms with Gasteiger partial charge in [-0.15, -0.1) is 11.3 Å². The maximum atomic E-state index is 5.19. The molecule has 3 aromatic rings. The minimum absolute atomic E-state index is 0.864. The first kappa shape index (κ1) is 14.5. The highest BCUT2D eigenvalue weighted by atomic mass is 32.1. The number of nitrogens with one attached hydrogen (secondary N) is 1. The lowest BCUT2D eigenvalue weighted by atomic mass is 10.1. The number of thiophene rings is 1. The molecule has 0 atom stereocenters. The van der Waals surface area contributed by atoms with Gasteiger partial charge >= 0.3 is 0 Å². The van der Waals surface area contributed by atoms with Gasteiger partial charge in [0.05, 0.1) is 12.5 Å². The Kier molecular flexibility index (Phi) is 3.87. The first-order valence-electron chi connectivity index (χ1n) is 7.97. The fraction of sp³-hybridized carbons (Fsp3) is 0.333. The number of aryl methyl sites for hydroxylation is 2. The summed E-state index contributed by atoms with van der Waals surface area (Å²) in [7, 11) is 1.69. The van der Waals surface area contributed by atoms with Gasteiger partial charge in [-0.05, 0) is 48.9 Å². The Morgan fingerprint density at radius 2 is 2.04 bits per heavy atom. The van der Waals surface area contributed by atoms with E-state index in [1.54, 1.807) is 13.4 Å². The number of ether oxygens (including phenoxy) is 1. The number of hydrogen-bond acceptors (Lipinski definition) is 5. The minimum Gasteiger partial charge on any atom is -0.497 e. The van der Waals surface area contributed by atoms with Gasteiger partial charge in [-0.1, -0.05) is 12.1 Å². The van der Waals surface area contributed by atoms with Crippen molar-refractivity contribution in [2.24, 2.45) is 0 Å². The number of rotatable bonds is 5. The molecular formula is C18H19N3OS. The summed E-state index contributed by atoms with van der Waals surface area (Å²) in [6.45, 7) is 0.864. The van der Waals surface area contributed by atoms with Gasteiger partial charge in [-0.2, -0.15) is 0 Å². The van der Waals surface area contributed by atoms with E-state index in [0.29, 0.717) is 0 Å². The van der Waals surface area contributed by atoms with E-state index in [2.05, 4.69) is 27.4 Å². The van der Waals surface area contributed by atoms with Crippen molar-refractivity contribution in [3.8, 4) is 5.75 Å². The van der Waals surface area contributed by atoms with Crippen LogP contribution in [0.1, 0.15) is 22.4 Å². The molecule has 0 unspecified atom stereocenters. The summed E-state index contributed by atoms with van der Waals surface area (Å²) in [5.74, 6) is 1.89. The largest absolute Gasteiger partial charge is 0.497 e. The molecule has 1 aliphatic rings. The number of aromatic nitrogens is 2. The lowest BCUT2D eigenvalue weighted by Crippen LogP contribution is -2.07. The zero-order valence-electron chi connectivity index (χ0n) is 13.1.